The highest BCUT2D eigenvalue weighted by atomic mass is 16.2. The van der Waals surface area contributed by atoms with E-state index in [0.717, 1.165) is 17.0 Å². The fraction of sp³-hybridized carbons (Fsp3) is 0.200. The van der Waals surface area contributed by atoms with Crippen LogP contribution in [0.2, 0.25) is 0 Å². The van der Waals surface area contributed by atoms with Gasteiger partial charge in [0.05, 0.1) is 11.4 Å². The van der Waals surface area contributed by atoms with Gasteiger partial charge in [0.1, 0.15) is 5.82 Å². The lowest BCUT2D eigenvalue weighted by atomic mass is 10.2. The van der Waals surface area contributed by atoms with Crippen LogP contribution in [0.3, 0.4) is 0 Å². The molecular weight excluding hydrogens is 252 g/mol. The number of aromatic nitrogens is 2. The van der Waals surface area contributed by atoms with Crippen LogP contribution in [0.4, 0.5) is 10.6 Å². The van der Waals surface area contributed by atoms with Crippen molar-refractivity contribution in [3.8, 4) is 5.69 Å². The fourth-order valence-electron chi connectivity index (χ4n) is 1.74. The van der Waals surface area contributed by atoms with E-state index in [9.17, 15) is 4.79 Å². The number of amides is 2. The standard InChI is InChI=1S/C15H18N4O/c1-10(2)13-9-14(17-15(20)16-4)19(18-13)12-7-5-11(3)6-8-12/h5-9H,1H2,2-4H3,(H2,16,17,20). The molecule has 0 atom stereocenters. The summed E-state index contributed by atoms with van der Waals surface area (Å²) in [5.41, 5.74) is 3.64. The molecule has 2 amide bonds. The van der Waals surface area contributed by atoms with Gasteiger partial charge in [0.25, 0.3) is 0 Å². The summed E-state index contributed by atoms with van der Waals surface area (Å²) in [7, 11) is 1.57. The van der Waals surface area contributed by atoms with Crippen molar-refractivity contribution in [1.82, 2.24) is 15.1 Å². The molecule has 0 bridgehead atoms. The summed E-state index contributed by atoms with van der Waals surface area (Å²) in [6, 6.07) is 9.44. The van der Waals surface area contributed by atoms with Gasteiger partial charge < -0.3 is 5.32 Å². The first kappa shape index (κ1) is 13.9. The molecule has 0 spiro atoms. The second-order valence-electron chi connectivity index (χ2n) is 4.65. The van der Waals surface area contributed by atoms with E-state index in [1.165, 1.54) is 5.56 Å². The van der Waals surface area contributed by atoms with Crippen LogP contribution >= 0.6 is 0 Å². The van der Waals surface area contributed by atoms with Crippen LogP contribution in [-0.2, 0) is 0 Å². The number of carbonyl (C=O) groups excluding carboxylic acids is 1. The first-order valence-electron chi connectivity index (χ1n) is 6.33. The number of benzene rings is 1. The van der Waals surface area contributed by atoms with Crippen LogP contribution in [-0.4, -0.2) is 22.9 Å². The maximum atomic E-state index is 11.5. The molecule has 2 N–H and O–H groups in total. The van der Waals surface area contributed by atoms with Crippen molar-refractivity contribution in [3.05, 3.63) is 48.2 Å². The van der Waals surface area contributed by atoms with E-state index in [0.29, 0.717) is 5.82 Å². The third-order valence-corrected chi connectivity index (χ3v) is 2.89. The van der Waals surface area contributed by atoms with Gasteiger partial charge in [0.2, 0.25) is 0 Å². The van der Waals surface area contributed by atoms with E-state index < -0.39 is 0 Å². The van der Waals surface area contributed by atoms with E-state index in [2.05, 4.69) is 22.3 Å². The minimum absolute atomic E-state index is 0.286. The molecule has 5 heteroatoms. The SMILES string of the molecule is C=C(C)c1cc(NC(=O)NC)n(-c2ccc(C)cc2)n1. The van der Waals surface area contributed by atoms with Gasteiger partial charge in [-0.25, -0.2) is 9.48 Å². The highest BCUT2D eigenvalue weighted by molar-refractivity contribution is 5.88. The maximum Gasteiger partial charge on any atom is 0.320 e. The summed E-state index contributed by atoms with van der Waals surface area (Å²) < 4.78 is 1.69. The van der Waals surface area contributed by atoms with Gasteiger partial charge in [-0.05, 0) is 31.6 Å². The highest BCUT2D eigenvalue weighted by Gasteiger charge is 2.12. The lowest BCUT2D eigenvalue weighted by Gasteiger charge is -2.08. The van der Waals surface area contributed by atoms with Gasteiger partial charge in [-0.15, -0.1) is 0 Å². The third-order valence-electron chi connectivity index (χ3n) is 2.89. The number of urea groups is 1. The van der Waals surface area contributed by atoms with Crippen LogP contribution in [0.15, 0.2) is 36.9 Å². The van der Waals surface area contributed by atoms with E-state index in [1.807, 2.05) is 38.1 Å². The summed E-state index contributed by atoms with van der Waals surface area (Å²) in [5, 5.41) is 9.76. The Bertz CT molecular complexity index is 640. The monoisotopic (exact) mass is 270 g/mol. The molecule has 0 saturated heterocycles. The molecule has 1 aromatic heterocycles. The first-order chi connectivity index (χ1) is 9.51. The van der Waals surface area contributed by atoms with Crippen molar-refractivity contribution >= 4 is 17.4 Å². The van der Waals surface area contributed by atoms with Crippen molar-refractivity contribution in [1.29, 1.82) is 0 Å². The Morgan fingerprint density at radius 1 is 1.30 bits per heavy atom. The Kier molecular flexibility index (Phi) is 3.89. The summed E-state index contributed by atoms with van der Waals surface area (Å²) in [5.74, 6) is 0.603. The smallest absolute Gasteiger partial charge is 0.320 e. The largest absolute Gasteiger partial charge is 0.341 e. The first-order valence-corrected chi connectivity index (χ1v) is 6.33. The fourth-order valence-corrected chi connectivity index (χ4v) is 1.74. The number of nitrogens with zero attached hydrogens (tertiary/aromatic N) is 2. The van der Waals surface area contributed by atoms with Crippen LogP contribution in [0.1, 0.15) is 18.2 Å². The van der Waals surface area contributed by atoms with Crippen LogP contribution < -0.4 is 10.6 Å². The molecule has 0 aliphatic rings. The molecule has 1 aromatic carbocycles. The lowest BCUT2D eigenvalue weighted by molar-refractivity contribution is 0.254. The molecule has 20 heavy (non-hydrogen) atoms. The Morgan fingerprint density at radius 2 is 1.95 bits per heavy atom. The molecule has 0 saturated carbocycles. The third kappa shape index (κ3) is 2.88. The number of rotatable bonds is 3. The van der Waals surface area contributed by atoms with Crippen LogP contribution in [0.5, 0.6) is 0 Å². The van der Waals surface area contributed by atoms with Gasteiger partial charge in [-0.1, -0.05) is 24.3 Å². The second kappa shape index (κ2) is 5.61. The number of allylic oxidation sites excluding steroid dienone is 1. The summed E-state index contributed by atoms with van der Waals surface area (Å²) in [6.07, 6.45) is 0. The summed E-state index contributed by atoms with van der Waals surface area (Å²) in [4.78, 5) is 11.5. The van der Waals surface area contributed by atoms with Crippen molar-refractivity contribution in [2.75, 3.05) is 12.4 Å². The van der Waals surface area contributed by atoms with E-state index in [4.69, 9.17) is 0 Å². The zero-order valence-electron chi connectivity index (χ0n) is 11.9. The quantitative estimate of drug-likeness (QED) is 0.900. The number of hydrogen-bond acceptors (Lipinski definition) is 2. The number of nitrogens with one attached hydrogen (secondary N) is 2. The van der Waals surface area contributed by atoms with Crippen molar-refractivity contribution in [2.45, 2.75) is 13.8 Å². The Morgan fingerprint density at radius 3 is 2.50 bits per heavy atom. The zero-order chi connectivity index (χ0) is 14.7. The maximum absolute atomic E-state index is 11.5. The van der Waals surface area contributed by atoms with E-state index in [1.54, 1.807) is 17.8 Å². The van der Waals surface area contributed by atoms with Gasteiger partial charge in [0.15, 0.2) is 0 Å². The van der Waals surface area contributed by atoms with Gasteiger partial charge in [-0.2, -0.15) is 5.10 Å². The topological polar surface area (TPSA) is 59.0 Å². The minimum Gasteiger partial charge on any atom is -0.341 e. The van der Waals surface area contributed by atoms with Crippen molar-refractivity contribution < 1.29 is 4.79 Å². The zero-order valence-corrected chi connectivity index (χ0v) is 11.9. The van der Waals surface area contributed by atoms with E-state index in [-0.39, 0.29) is 6.03 Å². The summed E-state index contributed by atoms with van der Waals surface area (Å²) in [6.45, 7) is 7.79. The number of hydrogen-bond donors (Lipinski definition) is 2. The number of aryl methyl sites for hydroxylation is 1. The molecule has 0 radical (unpaired) electrons. The predicted molar refractivity (Wildman–Crippen MR) is 81.1 cm³/mol. The molecule has 0 fully saturated rings. The average Bonchev–Trinajstić information content (AvgIpc) is 2.83. The second-order valence-corrected chi connectivity index (χ2v) is 4.65. The Hall–Kier alpha value is -2.56. The van der Waals surface area contributed by atoms with E-state index >= 15 is 0 Å². The van der Waals surface area contributed by atoms with Gasteiger partial charge in [-0.3, -0.25) is 5.32 Å². The minimum atomic E-state index is -0.286. The average molecular weight is 270 g/mol. The molecule has 2 aromatic rings. The number of anilines is 1. The Labute approximate surface area is 118 Å². The number of carbonyl (C=O) groups is 1. The molecule has 1 heterocycles. The van der Waals surface area contributed by atoms with Gasteiger partial charge in [0, 0.05) is 13.1 Å². The summed E-state index contributed by atoms with van der Waals surface area (Å²) >= 11 is 0. The lowest BCUT2D eigenvalue weighted by Crippen LogP contribution is -2.25. The normalized spacial score (nSPS) is 10.2. The van der Waals surface area contributed by atoms with Crippen LogP contribution in [0.25, 0.3) is 11.3 Å². The molecule has 0 aliphatic carbocycles. The Balaban J connectivity index is 2.46. The highest BCUT2D eigenvalue weighted by Crippen LogP contribution is 2.21. The van der Waals surface area contributed by atoms with Crippen LogP contribution in [0, 0.1) is 6.92 Å². The predicted octanol–water partition coefficient (Wildman–Crippen LogP) is 2.97. The molecular formula is C15H18N4O. The van der Waals surface area contributed by atoms with Gasteiger partial charge >= 0.3 is 6.03 Å². The molecule has 5 nitrogen and oxygen atoms in total. The molecule has 0 unspecified atom stereocenters. The molecule has 104 valence electrons. The van der Waals surface area contributed by atoms with Crippen molar-refractivity contribution in [2.24, 2.45) is 0 Å². The van der Waals surface area contributed by atoms with Crippen molar-refractivity contribution in [3.63, 3.8) is 0 Å². The molecule has 0 aliphatic heterocycles. The molecule has 2 rings (SSSR count).